The van der Waals surface area contributed by atoms with E-state index < -0.39 is 12.0 Å². The van der Waals surface area contributed by atoms with Crippen molar-refractivity contribution < 1.29 is 24.5 Å². The molecule has 3 N–H and O–H groups in total. The minimum atomic E-state index is -0.999. The Bertz CT molecular complexity index is 2400. The van der Waals surface area contributed by atoms with Crippen LogP contribution >= 0.6 is 0 Å². The molecule has 5 aromatic carbocycles. The maximum atomic E-state index is 12.1. The first kappa shape index (κ1) is 39.6. The van der Waals surface area contributed by atoms with Gasteiger partial charge in [0.2, 0.25) is 11.7 Å². The van der Waals surface area contributed by atoms with Crippen molar-refractivity contribution in [2.24, 2.45) is 5.92 Å². The zero-order chi connectivity index (χ0) is 40.3. The van der Waals surface area contributed by atoms with E-state index in [1.807, 2.05) is 121 Å². The molecule has 0 aliphatic carbocycles. The quantitative estimate of drug-likeness (QED) is 0.116. The highest BCUT2D eigenvalue weighted by Gasteiger charge is 2.30. The van der Waals surface area contributed by atoms with Crippen LogP contribution in [-0.4, -0.2) is 81.0 Å². The van der Waals surface area contributed by atoms with E-state index in [1.165, 1.54) is 11.8 Å². The lowest BCUT2D eigenvalue weighted by atomic mass is 9.97. The Kier molecular flexibility index (Phi) is 12.9. The number of aromatic amines is 1. The number of hydrogen-bond donors (Lipinski definition) is 3. The molecule has 2 aromatic heterocycles. The zero-order valence-electron chi connectivity index (χ0n) is 32.0. The Hall–Kier alpha value is -7.06. The summed E-state index contributed by atoms with van der Waals surface area (Å²) in [4.78, 5) is 25.2. The summed E-state index contributed by atoms with van der Waals surface area (Å²) in [5.74, 6) is 0.536. The number of aliphatic hydroxyl groups is 1. The van der Waals surface area contributed by atoms with E-state index >= 15 is 0 Å². The number of aliphatic hydroxyl groups excluding tert-OH is 1. The molecule has 7 aromatic rings. The molecule has 0 radical (unpaired) electrons. The predicted octanol–water partition coefficient (Wildman–Crippen LogP) is 6.55. The number of hydrogen-bond acceptors (Lipinski definition) is 10. The largest absolute Gasteiger partial charge is 0.496 e. The number of H-pyrrole nitrogens is 1. The number of rotatable bonds is 13. The standard InChI is InChI=1S/C22H20N4O2.C21H23N5O3/c1-28-21-9-5-2-6-18(21)14-26-22(23-24-25-26)20-8-4-3-7-19(20)17-12-10-16(15-27)11-13-17;1-13(2)19(21(28)29)26(14(3)27)12-15-8-10-16(11-9-15)17-6-4-5-7-18(17)20-22-24-25-23-20/h2-13,27H,14-15H2,1H3;4-11,13,19H,12H2,1-3H3,(H,28,29)(H,22,23,24,25)/t;19-/m.0/s1. The zero-order valence-corrected chi connectivity index (χ0v) is 32.0. The van der Waals surface area contributed by atoms with Crippen LogP contribution in [0.2, 0.25) is 0 Å². The van der Waals surface area contributed by atoms with Crippen molar-refractivity contribution >= 4 is 11.9 Å². The van der Waals surface area contributed by atoms with Gasteiger partial charge < -0.3 is 19.8 Å². The predicted molar refractivity (Wildman–Crippen MR) is 214 cm³/mol. The Labute approximate surface area is 329 Å². The van der Waals surface area contributed by atoms with Crippen molar-refractivity contribution in [3.8, 4) is 50.8 Å². The molecule has 14 heteroatoms. The Morgan fingerprint density at radius 2 is 1.35 bits per heavy atom. The van der Waals surface area contributed by atoms with Crippen LogP contribution in [0.1, 0.15) is 37.5 Å². The van der Waals surface area contributed by atoms with Crippen LogP contribution in [0.25, 0.3) is 45.0 Å². The molecule has 290 valence electrons. The number of aromatic nitrogens is 8. The fourth-order valence-corrected chi connectivity index (χ4v) is 6.59. The van der Waals surface area contributed by atoms with Crippen molar-refractivity contribution in [2.75, 3.05) is 7.11 Å². The third-order valence-corrected chi connectivity index (χ3v) is 9.42. The molecule has 14 nitrogen and oxygen atoms in total. The highest BCUT2D eigenvalue weighted by Crippen LogP contribution is 2.32. The van der Waals surface area contributed by atoms with Crippen molar-refractivity contribution in [1.82, 2.24) is 45.7 Å². The summed E-state index contributed by atoms with van der Waals surface area (Å²) in [6.45, 7) is 5.76. The number of ether oxygens (including phenoxy) is 1. The lowest BCUT2D eigenvalue weighted by Gasteiger charge is -2.30. The van der Waals surface area contributed by atoms with Gasteiger partial charge in [0.1, 0.15) is 11.8 Å². The van der Waals surface area contributed by atoms with Gasteiger partial charge in [0.15, 0.2) is 5.82 Å². The van der Waals surface area contributed by atoms with Crippen LogP contribution in [-0.2, 0) is 29.3 Å². The van der Waals surface area contributed by atoms with Crippen LogP contribution in [0.15, 0.2) is 121 Å². The van der Waals surface area contributed by atoms with Gasteiger partial charge in [-0.3, -0.25) is 4.79 Å². The minimum absolute atomic E-state index is 0.0269. The molecule has 1 amide bonds. The van der Waals surface area contributed by atoms with E-state index in [9.17, 15) is 19.8 Å². The van der Waals surface area contributed by atoms with Crippen molar-refractivity contribution in [3.05, 3.63) is 138 Å². The third-order valence-electron chi connectivity index (χ3n) is 9.42. The summed E-state index contributed by atoms with van der Waals surface area (Å²) >= 11 is 0. The van der Waals surface area contributed by atoms with Gasteiger partial charge >= 0.3 is 5.97 Å². The number of carbonyl (C=O) groups excluding carboxylic acids is 1. The fourth-order valence-electron chi connectivity index (χ4n) is 6.59. The number of aliphatic carboxylic acids is 1. The second-order valence-corrected chi connectivity index (χ2v) is 13.5. The third kappa shape index (κ3) is 9.43. The lowest BCUT2D eigenvalue weighted by molar-refractivity contribution is -0.152. The monoisotopic (exact) mass is 765 g/mol. The first-order valence-corrected chi connectivity index (χ1v) is 18.3. The van der Waals surface area contributed by atoms with Crippen molar-refractivity contribution in [1.29, 1.82) is 0 Å². The van der Waals surface area contributed by atoms with Crippen molar-refractivity contribution in [3.63, 3.8) is 0 Å². The van der Waals surface area contributed by atoms with Gasteiger partial charge in [-0.2, -0.15) is 5.21 Å². The Morgan fingerprint density at radius 3 is 1.91 bits per heavy atom. The fraction of sp³-hybridized carbons (Fsp3) is 0.209. The number of para-hydroxylation sites is 1. The maximum Gasteiger partial charge on any atom is 0.326 e. The average Bonchev–Trinajstić information content (AvgIpc) is 3.94. The number of methoxy groups -OCH3 is 1. The normalized spacial score (nSPS) is 11.4. The number of tetrazole rings is 2. The molecular weight excluding hydrogens is 723 g/mol. The van der Waals surface area contributed by atoms with Gasteiger partial charge in [0.05, 0.1) is 20.3 Å². The number of carbonyl (C=O) groups is 2. The summed E-state index contributed by atoms with van der Waals surface area (Å²) in [6.07, 6.45) is 0. The summed E-state index contributed by atoms with van der Waals surface area (Å²) in [5, 5.41) is 45.4. The molecule has 1 atom stereocenters. The van der Waals surface area contributed by atoms with E-state index in [2.05, 4.69) is 36.1 Å². The molecular formula is C43H43N9O5. The topological polar surface area (TPSA) is 185 Å². The first-order valence-electron chi connectivity index (χ1n) is 18.3. The van der Waals surface area contributed by atoms with E-state index in [0.717, 1.165) is 55.8 Å². The smallest absolute Gasteiger partial charge is 0.326 e. The highest BCUT2D eigenvalue weighted by atomic mass is 16.5. The van der Waals surface area contributed by atoms with E-state index in [1.54, 1.807) is 25.6 Å². The number of benzene rings is 5. The second-order valence-electron chi connectivity index (χ2n) is 13.5. The van der Waals surface area contributed by atoms with E-state index in [-0.39, 0.29) is 25.0 Å². The SMILES string of the molecule is CC(=O)N(Cc1ccc(-c2ccccc2-c2nn[nH]n2)cc1)[C@H](C(=O)O)C(C)C.COc1ccccc1Cn1nnnc1-c1ccccc1-c1ccc(CO)cc1. The molecule has 0 spiro atoms. The number of carboxylic acid groups (broad SMARTS) is 1. The summed E-state index contributed by atoms with van der Waals surface area (Å²) in [5.41, 5.74) is 8.52. The summed E-state index contributed by atoms with van der Waals surface area (Å²) in [7, 11) is 1.66. The number of nitrogens with zero attached hydrogens (tertiary/aromatic N) is 8. The molecule has 7 rings (SSSR count). The van der Waals surface area contributed by atoms with Crippen LogP contribution in [0.5, 0.6) is 5.75 Å². The second kappa shape index (κ2) is 18.5. The van der Waals surface area contributed by atoms with E-state index in [0.29, 0.717) is 18.2 Å². The van der Waals surface area contributed by atoms with Gasteiger partial charge in [0, 0.05) is 30.2 Å². The molecule has 0 saturated heterocycles. The van der Waals surface area contributed by atoms with Gasteiger partial charge in [-0.15, -0.1) is 15.3 Å². The minimum Gasteiger partial charge on any atom is -0.496 e. The number of carboxylic acids is 1. The van der Waals surface area contributed by atoms with Crippen molar-refractivity contribution in [2.45, 2.75) is 46.5 Å². The average molecular weight is 766 g/mol. The highest BCUT2D eigenvalue weighted by molar-refractivity contribution is 5.83. The molecule has 0 aliphatic heterocycles. The molecule has 0 aliphatic rings. The van der Waals surface area contributed by atoms with Gasteiger partial charge in [-0.25, -0.2) is 9.48 Å². The maximum absolute atomic E-state index is 12.1. The molecule has 2 heterocycles. The number of nitrogens with one attached hydrogen (secondary N) is 1. The molecule has 0 fully saturated rings. The Balaban J connectivity index is 0.000000193. The molecule has 0 unspecified atom stereocenters. The van der Waals surface area contributed by atoms with Gasteiger partial charge in [-0.05, 0) is 61.0 Å². The summed E-state index contributed by atoms with van der Waals surface area (Å²) in [6, 6.07) is 38.3. The van der Waals surface area contributed by atoms with E-state index in [4.69, 9.17) is 4.74 Å². The van der Waals surface area contributed by atoms with Gasteiger partial charge in [0.25, 0.3) is 0 Å². The molecule has 0 saturated carbocycles. The Morgan fingerprint density at radius 1 is 0.772 bits per heavy atom. The van der Waals surface area contributed by atoms with Gasteiger partial charge in [-0.1, -0.05) is 129 Å². The van der Waals surface area contributed by atoms with Crippen LogP contribution in [0.4, 0.5) is 0 Å². The first-order chi connectivity index (χ1) is 27.7. The lowest BCUT2D eigenvalue weighted by Crippen LogP contribution is -2.46. The van der Waals surface area contributed by atoms with Crippen LogP contribution < -0.4 is 4.74 Å². The number of amides is 1. The summed E-state index contributed by atoms with van der Waals surface area (Å²) < 4.78 is 7.23. The van der Waals surface area contributed by atoms with Crippen LogP contribution in [0, 0.1) is 5.92 Å². The van der Waals surface area contributed by atoms with Crippen LogP contribution in [0.3, 0.4) is 0 Å². The molecule has 57 heavy (non-hydrogen) atoms. The molecule has 0 bridgehead atoms.